The lowest BCUT2D eigenvalue weighted by Crippen LogP contribution is -2.37. The lowest BCUT2D eigenvalue weighted by atomic mass is 10.0. The Hall–Kier alpha value is -3.33. The molecule has 0 fully saturated rings. The van der Waals surface area contributed by atoms with E-state index < -0.39 is 32.5 Å². The molecule has 0 aromatic rings. The molecular formula is C70H122NO8P. The molecule has 0 amide bonds. The standard InChI is InChI=1S/C70H122NO8P/c1-6-8-10-12-14-16-18-20-22-24-26-28-30-31-32-33-34-35-36-37-38-39-41-42-44-46-48-50-52-54-56-58-60-62-69(72)76-66-68(67-78-80(74,75)77-65-64-71(3,4)5)79-70(73)63-61-59-57-55-53-51-49-47-45-43-40-29-27-25-23-21-19-17-15-13-11-9-7-2/h9,11,15,17-18,20-21,23-24,26-27,29-31,43,45,49,51,68H,6-8,10,12-14,16,19,22,25,28,32-42,44,46-48,50,52-67H2,1-5H3/b11-9-,17-15-,20-18-,23-21-,26-24-,29-27-,31-30-,45-43-,51-49-. The molecule has 0 aliphatic heterocycles. The average Bonchev–Trinajstić information content (AvgIpc) is 3.42. The van der Waals surface area contributed by atoms with Crippen LogP contribution >= 0.6 is 7.82 Å². The van der Waals surface area contributed by atoms with Gasteiger partial charge in [-0.1, -0.05) is 264 Å². The third-order valence-electron chi connectivity index (χ3n) is 13.8. The van der Waals surface area contributed by atoms with Crippen LogP contribution in [0, 0.1) is 0 Å². The molecule has 460 valence electrons. The fraction of sp³-hybridized carbons (Fsp3) is 0.714. The van der Waals surface area contributed by atoms with E-state index in [-0.39, 0.29) is 26.1 Å². The average molecular weight is 1140 g/mol. The highest BCUT2D eigenvalue weighted by atomic mass is 31.2. The first-order valence-electron chi connectivity index (χ1n) is 32.6. The van der Waals surface area contributed by atoms with Gasteiger partial charge in [-0.25, -0.2) is 0 Å². The number of phosphoric ester groups is 1. The van der Waals surface area contributed by atoms with Crippen molar-refractivity contribution in [3.63, 3.8) is 0 Å². The van der Waals surface area contributed by atoms with Crippen LogP contribution < -0.4 is 4.89 Å². The Morgan fingerprint density at radius 1 is 0.400 bits per heavy atom. The quantitative estimate of drug-likeness (QED) is 0.0195. The summed E-state index contributed by atoms with van der Waals surface area (Å²) in [6, 6.07) is 0. The van der Waals surface area contributed by atoms with E-state index >= 15 is 0 Å². The Morgan fingerprint density at radius 3 is 1.06 bits per heavy atom. The number of carbonyl (C=O) groups excluding carboxylic acids is 2. The van der Waals surface area contributed by atoms with Gasteiger partial charge in [-0.15, -0.1) is 0 Å². The van der Waals surface area contributed by atoms with Gasteiger partial charge in [0, 0.05) is 12.8 Å². The maximum Gasteiger partial charge on any atom is 0.306 e. The molecule has 80 heavy (non-hydrogen) atoms. The summed E-state index contributed by atoms with van der Waals surface area (Å²) in [5.74, 6) is -0.862. The number of carbonyl (C=O) groups is 2. The van der Waals surface area contributed by atoms with E-state index in [0.717, 1.165) is 96.3 Å². The zero-order valence-corrected chi connectivity index (χ0v) is 53.1. The largest absolute Gasteiger partial charge is 0.756 e. The lowest BCUT2D eigenvalue weighted by Gasteiger charge is -2.28. The van der Waals surface area contributed by atoms with E-state index in [1.54, 1.807) is 0 Å². The minimum atomic E-state index is -4.65. The van der Waals surface area contributed by atoms with Crippen LogP contribution in [0.1, 0.15) is 271 Å². The van der Waals surface area contributed by atoms with Crippen molar-refractivity contribution in [2.75, 3.05) is 47.5 Å². The lowest BCUT2D eigenvalue weighted by molar-refractivity contribution is -0.870. The first-order chi connectivity index (χ1) is 39.0. The summed E-state index contributed by atoms with van der Waals surface area (Å²) in [4.78, 5) is 38.0. The summed E-state index contributed by atoms with van der Waals surface area (Å²) >= 11 is 0. The molecule has 0 aromatic carbocycles. The second kappa shape index (κ2) is 60.3. The van der Waals surface area contributed by atoms with Crippen molar-refractivity contribution in [3.05, 3.63) is 109 Å². The van der Waals surface area contributed by atoms with E-state index in [2.05, 4.69) is 123 Å². The first kappa shape index (κ1) is 76.7. The molecule has 0 bridgehead atoms. The number of hydrogen-bond donors (Lipinski definition) is 0. The highest BCUT2D eigenvalue weighted by Crippen LogP contribution is 2.38. The third-order valence-corrected chi connectivity index (χ3v) is 14.7. The maximum atomic E-state index is 12.8. The number of unbranched alkanes of at least 4 members (excludes halogenated alkanes) is 27. The Bertz CT molecular complexity index is 1720. The summed E-state index contributed by atoms with van der Waals surface area (Å²) in [6.07, 6.45) is 84.4. The molecule has 2 unspecified atom stereocenters. The second-order valence-corrected chi connectivity index (χ2v) is 24.2. The number of phosphoric acid groups is 1. The monoisotopic (exact) mass is 1140 g/mol. The van der Waals surface area contributed by atoms with Crippen molar-refractivity contribution in [2.45, 2.75) is 277 Å². The predicted octanol–water partition coefficient (Wildman–Crippen LogP) is 20.3. The first-order valence-corrected chi connectivity index (χ1v) is 34.1. The van der Waals surface area contributed by atoms with Crippen molar-refractivity contribution in [3.8, 4) is 0 Å². The van der Waals surface area contributed by atoms with E-state index in [1.165, 1.54) is 141 Å². The predicted molar refractivity (Wildman–Crippen MR) is 342 cm³/mol. The van der Waals surface area contributed by atoms with Gasteiger partial charge in [-0.05, 0) is 103 Å². The van der Waals surface area contributed by atoms with Crippen molar-refractivity contribution < 1.29 is 42.1 Å². The Balaban J connectivity index is 4.10. The molecule has 10 heteroatoms. The van der Waals surface area contributed by atoms with Crippen molar-refractivity contribution in [1.29, 1.82) is 0 Å². The van der Waals surface area contributed by atoms with Crippen LogP contribution in [0.2, 0.25) is 0 Å². The van der Waals surface area contributed by atoms with Gasteiger partial charge in [0.15, 0.2) is 6.10 Å². The van der Waals surface area contributed by atoms with Gasteiger partial charge in [-0.2, -0.15) is 0 Å². The van der Waals surface area contributed by atoms with Crippen LogP contribution in [-0.4, -0.2) is 70.0 Å². The minimum Gasteiger partial charge on any atom is -0.756 e. The van der Waals surface area contributed by atoms with Crippen LogP contribution in [0.15, 0.2) is 109 Å². The molecule has 0 spiro atoms. The third kappa shape index (κ3) is 63.8. The zero-order valence-electron chi connectivity index (χ0n) is 52.2. The summed E-state index contributed by atoms with van der Waals surface area (Å²) in [5, 5.41) is 0. The molecule has 0 radical (unpaired) electrons. The number of nitrogens with zero attached hydrogens (tertiary/aromatic N) is 1. The number of likely N-dealkylation sites (N-methyl/N-ethyl adjacent to an activating group) is 1. The molecule has 0 saturated carbocycles. The van der Waals surface area contributed by atoms with Crippen LogP contribution in [0.3, 0.4) is 0 Å². The fourth-order valence-electron chi connectivity index (χ4n) is 8.79. The molecular weight excluding hydrogens is 1010 g/mol. The molecule has 2 atom stereocenters. The Labute approximate surface area is 493 Å². The normalized spacial score (nSPS) is 13.9. The molecule has 0 rings (SSSR count). The summed E-state index contributed by atoms with van der Waals surface area (Å²) in [7, 11) is 1.14. The maximum absolute atomic E-state index is 12.8. The number of rotatable bonds is 59. The highest BCUT2D eigenvalue weighted by molar-refractivity contribution is 7.45. The van der Waals surface area contributed by atoms with Gasteiger partial charge in [0.1, 0.15) is 19.8 Å². The molecule has 0 aliphatic carbocycles. The zero-order chi connectivity index (χ0) is 58.4. The summed E-state index contributed by atoms with van der Waals surface area (Å²) in [5.41, 5.74) is 0. The molecule has 0 N–H and O–H groups in total. The smallest absolute Gasteiger partial charge is 0.306 e. The van der Waals surface area contributed by atoms with E-state index in [1.807, 2.05) is 21.1 Å². The van der Waals surface area contributed by atoms with E-state index in [4.69, 9.17) is 18.5 Å². The molecule has 0 aromatic heterocycles. The fourth-order valence-corrected chi connectivity index (χ4v) is 9.51. The van der Waals surface area contributed by atoms with Crippen molar-refractivity contribution in [2.24, 2.45) is 0 Å². The van der Waals surface area contributed by atoms with E-state index in [9.17, 15) is 19.0 Å². The number of hydrogen-bond acceptors (Lipinski definition) is 8. The Morgan fingerprint density at radius 2 is 0.713 bits per heavy atom. The van der Waals surface area contributed by atoms with Gasteiger partial charge >= 0.3 is 11.9 Å². The minimum absolute atomic E-state index is 0.0409. The van der Waals surface area contributed by atoms with Crippen molar-refractivity contribution in [1.82, 2.24) is 0 Å². The van der Waals surface area contributed by atoms with Gasteiger partial charge in [-0.3, -0.25) is 14.2 Å². The number of quaternary nitrogens is 1. The topological polar surface area (TPSA) is 111 Å². The summed E-state index contributed by atoms with van der Waals surface area (Å²) in [6.45, 7) is 4.09. The van der Waals surface area contributed by atoms with Gasteiger partial charge in [0.25, 0.3) is 7.82 Å². The van der Waals surface area contributed by atoms with Gasteiger partial charge < -0.3 is 27.9 Å². The van der Waals surface area contributed by atoms with Crippen molar-refractivity contribution >= 4 is 19.8 Å². The molecule has 0 heterocycles. The van der Waals surface area contributed by atoms with Gasteiger partial charge in [0.05, 0.1) is 27.7 Å². The molecule has 0 aliphatic rings. The highest BCUT2D eigenvalue weighted by Gasteiger charge is 2.22. The van der Waals surface area contributed by atoms with Crippen LogP contribution in [0.4, 0.5) is 0 Å². The number of allylic oxidation sites excluding steroid dienone is 18. The van der Waals surface area contributed by atoms with Gasteiger partial charge in [0.2, 0.25) is 0 Å². The number of ether oxygens (including phenoxy) is 2. The molecule has 9 nitrogen and oxygen atoms in total. The number of esters is 2. The summed E-state index contributed by atoms with van der Waals surface area (Å²) < 4.78 is 34.2. The van der Waals surface area contributed by atoms with E-state index in [0.29, 0.717) is 17.4 Å². The van der Waals surface area contributed by atoms with Crippen LogP contribution in [0.25, 0.3) is 0 Å². The SMILES string of the molecule is CC/C=C\C/C=C\C/C=C\C/C=C\C/C=C\C/C=C\CCCCCCC(=O)OC(COC(=O)CCCCCCCCCCCCCCCCCCCC/C=C\C/C=C\C/C=C\CCCCCCC)COP(=O)([O-])OCC[N+](C)(C)C. The van der Waals surface area contributed by atoms with Crippen LogP contribution in [0.5, 0.6) is 0 Å². The molecule has 0 saturated heterocycles. The van der Waals surface area contributed by atoms with Crippen LogP contribution in [-0.2, 0) is 32.7 Å². The Kier molecular flexibility index (Phi) is 57.8. The second-order valence-electron chi connectivity index (χ2n) is 22.7.